The smallest absolute Gasteiger partial charge is 0.322 e. The molecule has 0 saturated carbocycles. The summed E-state index contributed by atoms with van der Waals surface area (Å²) in [6.07, 6.45) is 3.94. The van der Waals surface area contributed by atoms with E-state index in [1.807, 2.05) is 4.90 Å². The van der Waals surface area contributed by atoms with Crippen LogP contribution in [0.3, 0.4) is 0 Å². The molecule has 4 amide bonds. The van der Waals surface area contributed by atoms with Gasteiger partial charge in [-0.1, -0.05) is 0 Å². The van der Waals surface area contributed by atoms with E-state index in [9.17, 15) is 14.4 Å². The lowest BCUT2D eigenvalue weighted by molar-refractivity contribution is -0.131. The van der Waals surface area contributed by atoms with E-state index >= 15 is 0 Å². The highest BCUT2D eigenvalue weighted by Crippen LogP contribution is 2.12. The Kier molecular flexibility index (Phi) is 4.35. The molecule has 3 heterocycles. The van der Waals surface area contributed by atoms with Crippen molar-refractivity contribution in [1.29, 1.82) is 0 Å². The van der Waals surface area contributed by atoms with Gasteiger partial charge in [-0.25, -0.2) is 14.8 Å². The normalized spacial score (nSPS) is 21.1. The summed E-state index contributed by atoms with van der Waals surface area (Å²) >= 11 is 0. The van der Waals surface area contributed by atoms with Gasteiger partial charge in [0.1, 0.15) is 6.04 Å². The van der Waals surface area contributed by atoms with Crippen LogP contribution in [0.4, 0.5) is 10.7 Å². The largest absolute Gasteiger partial charge is 0.339 e. The fraction of sp³-hybridized carbons (Fsp3) is 0.500. The number of anilines is 1. The topological polar surface area (TPSA) is 108 Å². The molecule has 2 fully saturated rings. The maximum Gasteiger partial charge on any atom is 0.322 e. The molecule has 0 bridgehead atoms. The molecule has 9 nitrogen and oxygen atoms in total. The number of nitrogens with zero attached hydrogens (tertiary/aromatic N) is 4. The van der Waals surface area contributed by atoms with Gasteiger partial charge in [-0.15, -0.1) is 0 Å². The zero-order valence-electron chi connectivity index (χ0n) is 12.6. The minimum Gasteiger partial charge on any atom is -0.339 e. The van der Waals surface area contributed by atoms with Crippen LogP contribution in [0, 0.1) is 0 Å². The Morgan fingerprint density at radius 3 is 2.48 bits per heavy atom. The van der Waals surface area contributed by atoms with Gasteiger partial charge in [0, 0.05) is 45.0 Å². The van der Waals surface area contributed by atoms with Crippen LogP contribution in [0.2, 0.25) is 0 Å². The van der Waals surface area contributed by atoms with E-state index in [2.05, 4.69) is 20.6 Å². The summed E-state index contributed by atoms with van der Waals surface area (Å²) in [5, 5.41) is 4.66. The number of aromatic nitrogens is 2. The highest BCUT2D eigenvalue weighted by atomic mass is 16.2. The average molecular weight is 318 g/mol. The fourth-order valence-electron chi connectivity index (χ4n) is 2.70. The summed E-state index contributed by atoms with van der Waals surface area (Å²) < 4.78 is 0. The van der Waals surface area contributed by atoms with Crippen LogP contribution in [0.15, 0.2) is 18.5 Å². The minimum atomic E-state index is -0.606. The zero-order valence-corrected chi connectivity index (χ0v) is 12.6. The lowest BCUT2D eigenvalue weighted by Crippen LogP contribution is -2.49. The number of hydrogen-bond acceptors (Lipinski definition) is 6. The van der Waals surface area contributed by atoms with Gasteiger partial charge < -0.3 is 15.1 Å². The molecular weight excluding hydrogens is 300 g/mol. The Hall–Kier alpha value is -2.71. The molecule has 1 atom stereocenters. The van der Waals surface area contributed by atoms with E-state index in [-0.39, 0.29) is 18.2 Å². The number of amides is 4. The number of imide groups is 1. The summed E-state index contributed by atoms with van der Waals surface area (Å²) in [6, 6.07) is 0.663. The van der Waals surface area contributed by atoms with Gasteiger partial charge in [0.2, 0.25) is 11.9 Å². The number of carbonyl (C=O) groups excluding carboxylic acids is 3. The van der Waals surface area contributed by atoms with Gasteiger partial charge in [-0.3, -0.25) is 14.9 Å². The van der Waals surface area contributed by atoms with E-state index in [0.29, 0.717) is 38.5 Å². The standard InChI is InChI=1S/C14H18N6O3/c21-11(3-2-10-12(22)18-14(23)17-10)19-6-8-20(9-7-19)13-15-4-1-5-16-13/h1,4-5,10H,2-3,6-9H2,(H2,17,18,22,23)/t10-/m0/s1. The fourth-order valence-corrected chi connectivity index (χ4v) is 2.70. The Bertz CT molecular complexity index is 600. The third kappa shape index (κ3) is 3.55. The summed E-state index contributed by atoms with van der Waals surface area (Å²) in [7, 11) is 0. The van der Waals surface area contributed by atoms with Crippen LogP contribution in [0.5, 0.6) is 0 Å². The highest BCUT2D eigenvalue weighted by Gasteiger charge is 2.30. The molecule has 3 rings (SSSR count). The van der Waals surface area contributed by atoms with Crippen molar-refractivity contribution in [1.82, 2.24) is 25.5 Å². The molecule has 2 aliphatic rings. The maximum absolute atomic E-state index is 12.2. The predicted octanol–water partition coefficient (Wildman–Crippen LogP) is -0.887. The molecule has 23 heavy (non-hydrogen) atoms. The summed E-state index contributed by atoms with van der Waals surface area (Å²) in [6.45, 7) is 2.55. The summed E-state index contributed by atoms with van der Waals surface area (Å²) in [5.41, 5.74) is 0. The van der Waals surface area contributed by atoms with E-state index in [4.69, 9.17) is 0 Å². The SMILES string of the molecule is O=C1NC(=O)[C@H](CCC(=O)N2CCN(c3ncccn3)CC2)N1. The molecule has 0 unspecified atom stereocenters. The molecule has 2 aliphatic heterocycles. The molecule has 0 aliphatic carbocycles. The van der Waals surface area contributed by atoms with Crippen LogP contribution in [-0.2, 0) is 9.59 Å². The Balaban J connectivity index is 1.45. The van der Waals surface area contributed by atoms with Crippen molar-refractivity contribution in [3.8, 4) is 0 Å². The predicted molar refractivity (Wildman–Crippen MR) is 80.5 cm³/mol. The lowest BCUT2D eigenvalue weighted by Gasteiger charge is -2.34. The number of piperazine rings is 1. The van der Waals surface area contributed by atoms with Crippen molar-refractivity contribution in [3.05, 3.63) is 18.5 Å². The Morgan fingerprint density at radius 1 is 1.17 bits per heavy atom. The van der Waals surface area contributed by atoms with Crippen LogP contribution in [0.1, 0.15) is 12.8 Å². The Labute approximate surface area is 133 Å². The second kappa shape index (κ2) is 6.59. The number of urea groups is 1. The van der Waals surface area contributed by atoms with Crippen LogP contribution >= 0.6 is 0 Å². The molecule has 0 radical (unpaired) electrons. The summed E-state index contributed by atoms with van der Waals surface area (Å²) in [5.74, 6) is 0.298. The van der Waals surface area contributed by atoms with Crippen molar-refractivity contribution in [3.63, 3.8) is 0 Å². The molecule has 1 aromatic heterocycles. The van der Waals surface area contributed by atoms with Gasteiger partial charge in [0.05, 0.1) is 0 Å². The minimum absolute atomic E-state index is 0.00687. The third-order valence-corrected chi connectivity index (χ3v) is 3.97. The highest BCUT2D eigenvalue weighted by molar-refractivity contribution is 6.04. The third-order valence-electron chi connectivity index (χ3n) is 3.97. The molecule has 9 heteroatoms. The number of carbonyl (C=O) groups is 3. The monoisotopic (exact) mass is 318 g/mol. The molecule has 1 aromatic rings. The van der Waals surface area contributed by atoms with Crippen molar-refractivity contribution >= 4 is 23.8 Å². The van der Waals surface area contributed by atoms with Crippen molar-refractivity contribution in [2.75, 3.05) is 31.1 Å². The van der Waals surface area contributed by atoms with Gasteiger partial charge >= 0.3 is 6.03 Å². The first-order valence-electron chi connectivity index (χ1n) is 7.54. The number of nitrogens with one attached hydrogen (secondary N) is 2. The second-order valence-electron chi connectivity index (χ2n) is 5.47. The molecule has 2 N–H and O–H groups in total. The molecule has 0 spiro atoms. The van der Waals surface area contributed by atoms with Gasteiger partial charge in [0.25, 0.3) is 5.91 Å². The molecular formula is C14H18N6O3. The van der Waals surface area contributed by atoms with E-state index in [1.165, 1.54) is 0 Å². The van der Waals surface area contributed by atoms with Crippen molar-refractivity contribution < 1.29 is 14.4 Å². The number of rotatable bonds is 4. The molecule has 122 valence electrons. The van der Waals surface area contributed by atoms with E-state index < -0.39 is 12.1 Å². The summed E-state index contributed by atoms with van der Waals surface area (Å²) in [4.78, 5) is 46.9. The quantitative estimate of drug-likeness (QED) is 0.698. The van der Waals surface area contributed by atoms with Gasteiger partial charge in [0.15, 0.2) is 0 Å². The first-order chi connectivity index (χ1) is 11.1. The van der Waals surface area contributed by atoms with Crippen LogP contribution < -0.4 is 15.5 Å². The van der Waals surface area contributed by atoms with E-state index in [0.717, 1.165) is 0 Å². The molecule has 0 aromatic carbocycles. The van der Waals surface area contributed by atoms with Crippen LogP contribution in [-0.4, -0.2) is 64.9 Å². The first kappa shape index (κ1) is 15.2. The zero-order chi connectivity index (χ0) is 16.2. The van der Waals surface area contributed by atoms with E-state index in [1.54, 1.807) is 23.4 Å². The number of hydrogen-bond donors (Lipinski definition) is 2. The first-order valence-corrected chi connectivity index (χ1v) is 7.54. The molecule has 2 saturated heterocycles. The van der Waals surface area contributed by atoms with Crippen LogP contribution in [0.25, 0.3) is 0 Å². The van der Waals surface area contributed by atoms with Crippen molar-refractivity contribution in [2.24, 2.45) is 0 Å². The maximum atomic E-state index is 12.2. The second-order valence-corrected chi connectivity index (χ2v) is 5.47. The average Bonchev–Trinajstić information content (AvgIpc) is 2.91. The van der Waals surface area contributed by atoms with Crippen molar-refractivity contribution in [2.45, 2.75) is 18.9 Å². The Morgan fingerprint density at radius 2 is 1.87 bits per heavy atom. The van der Waals surface area contributed by atoms with Gasteiger partial charge in [-0.05, 0) is 12.5 Å². The van der Waals surface area contributed by atoms with Gasteiger partial charge in [-0.2, -0.15) is 0 Å². The lowest BCUT2D eigenvalue weighted by atomic mass is 10.1.